The molecule has 0 radical (unpaired) electrons. The van der Waals surface area contributed by atoms with Crippen LogP contribution in [-0.4, -0.2) is 49.2 Å². The maximum absolute atomic E-state index is 12.4. The Morgan fingerprint density at radius 1 is 1.43 bits per heavy atom. The van der Waals surface area contributed by atoms with E-state index in [0.717, 1.165) is 25.8 Å². The van der Waals surface area contributed by atoms with E-state index in [0.29, 0.717) is 18.0 Å². The van der Waals surface area contributed by atoms with Crippen LogP contribution in [0.15, 0.2) is 0 Å². The molecule has 2 saturated carbocycles. The highest BCUT2D eigenvalue weighted by molar-refractivity contribution is 5.81. The summed E-state index contributed by atoms with van der Waals surface area (Å²) in [4.78, 5) is 14.9. The molecule has 0 aromatic rings. The van der Waals surface area contributed by atoms with Gasteiger partial charge in [-0.3, -0.25) is 10.1 Å². The molecular weight excluding hydrogens is 264 g/mol. The van der Waals surface area contributed by atoms with Crippen LogP contribution in [0.25, 0.3) is 0 Å². The fourth-order valence-electron chi connectivity index (χ4n) is 3.58. The largest absolute Gasteiger partial charge is 0.468 e. The zero-order valence-corrected chi connectivity index (χ0v) is 14.2. The first-order chi connectivity index (χ1) is 10.0. The molecule has 2 fully saturated rings. The van der Waals surface area contributed by atoms with Gasteiger partial charge in [0, 0.05) is 18.6 Å². The number of methoxy groups -OCH3 is 1. The summed E-state index contributed by atoms with van der Waals surface area (Å²) in [6.45, 7) is 5.66. The third kappa shape index (κ3) is 4.19. The number of nitrogens with one attached hydrogen (secondary N) is 1. The van der Waals surface area contributed by atoms with Gasteiger partial charge in [-0.15, -0.1) is 0 Å². The molecule has 0 heterocycles. The summed E-state index contributed by atoms with van der Waals surface area (Å²) in [5, 5.41) is 3.61. The molecule has 0 bridgehead atoms. The lowest BCUT2D eigenvalue weighted by Gasteiger charge is -2.43. The van der Waals surface area contributed by atoms with Crippen LogP contribution in [0.2, 0.25) is 0 Å². The molecule has 0 aromatic heterocycles. The van der Waals surface area contributed by atoms with E-state index in [9.17, 15) is 4.79 Å². The number of rotatable bonds is 7. The van der Waals surface area contributed by atoms with Crippen molar-refractivity contribution in [3.8, 4) is 0 Å². The molecule has 2 rings (SSSR count). The fraction of sp³-hybridized carbons (Fsp3) is 0.941. The SMILES string of the molecule is CCC(C)CN(C)C1CCCC(NC2CC2)(C(=O)OC)C1. The molecule has 21 heavy (non-hydrogen) atoms. The van der Waals surface area contributed by atoms with Gasteiger partial charge < -0.3 is 9.64 Å². The van der Waals surface area contributed by atoms with Crippen LogP contribution in [0, 0.1) is 5.92 Å². The summed E-state index contributed by atoms with van der Waals surface area (Å²) in [6, 6.07) is 1.01. The predicted octanol–water partition coefficient (Wildman–Crippen LogP) is 2.57. The van der Waals surface area contributed by atoms with Crippen LogP contribution < -0.4 is 5.32 Å². The smallest absolute Gasteiger partial charge is 0.326 e. The van der Waals surface area contributed by atoms with E-state index in [2.05, 4.69) is 31.1 Å². The van der Waals surface area contributed by atoms with Gasteiger partial charge in [0.05, 0.1) is 7.11 Å². The lowest BCUT2D eigenvalue weighted by atomic mass is 9.78. The van der Waals surface area contributed by atoms with Gasteiger partial charge in [-0.1, -0.05) is 20.3 Å². The monoisotopic (exact) mass is 296 g/mol. The molecule has 2 aliphatic rings. The van der Waals surface area contributed by atoms with Gasteiger partial charge in [-0.25, -0.2) is 0 Å². The number of nitrogens with zero attached hydrogens (tertiary/aromatic N) is 1. The first-order valence-electron chi connectivity index (χ1n) is 8.57. The molecule has 4 heteroatoms. The van der Waals surface area contributed by atoms with Crippen LogP contribution in [0.5, 0.6) is 0 Å². The Hall–Kier alpha value is -0.610. The second-order valence-electron chi connectivity index (χ2n) is 7.20. The predicted molar refractivity (Wildman–Crippen MR) is 85.2 cm³/mol. The van der Waals surface area contributed by atoms with Crippen molar-refractivity contribution in [3.63, 3.8) is 0 Å². The standard InChI is InChI=1S/C17H32N2O2/c1-5-13(2)12-19(3)15-7-6-10-17(11-15,16(20)21-4)18-14-8-9-14/h13-15,18H,5-12H2,1-4H3. The highest BCUT2D eigenvalue weighted by atomic mass is 16.5. The Balaban J connectivity index is 2.02. The Morgan fingerprint density at radius 3 is 2.71 bits per heavy atom. The van der Waals surface area contributed by atoms with Crippen LogP contribution in [0.3, 0.4) is 0 Å². The van der Waals surface area contributed by atoms with Crippen LogP contribution >= 0.6 is 0 Å². The van der Waals surface area contributed by atoms with Gasteiger partial charge in [0.1, 0.15) is 5.54 Å². The van der Waals surface area contributed by atoms with E-state index < -0.39 is 5.54 Å². The van der Waals surface area contributed by atoms with Crippen molar-refractivity contribution in [3.05, 3.63) is 0 Å². The number of hydrogen-bond acceptors (Lipinski definition) is 4. The number of hydrogen-bond donors (Lipinski definition) is 1. The van der Waals surface area contributed by atoms with Gasteiger partial charge in [0.2, 0.25) is 0 Å². The van der Waals surface area contributed by atoms with Gasteiger partial charge in [-0.2, -0.15) is 0 Å². The van der Waals surface area contributed by atoms with E-state index in [1.165, 1.54) is 32.8 Å². The Bertz CT molecular complexity index is 357. The lowest BCUT2D eigenvalue weighted by molar-refractivity contribution is -0.151. The van der Waals surface area contributed by atoms with Crippen molar-refractivity contribution >= 4 is 5.97 Å². The van der Waals surface area contributed by atoms with Crippen LogP contribution in [0.1, 0.15) is 58.8 Å². The molecule has 4 nitrogen and oxygen atoms in total. The topological polar surface area (TPSA) is 41.6 Å². The fourth-order valence-corrected chi connectivity index (χ4v) is 3.58. The maximum Gasteiger partial charge on any atom is 0.326 e. The lowest BCUT2D eigenvalue weighted by Crippen LogP contribution is -2.59. The normalized spacial score (nSPS) is 31.2. The van der Waals surface area contributed by atoms with Gasteiger partial charge in [0.25, 0.3) is 0 Å². The third-order valence-corrected chi connectivity index (χ3v) is 5.28. The summed E-state index contributed by atoms with van der Waals surface area (Å²) >= 11 is 0. The molecule has 3 unspecified atom stereocenters. The van der Waals surface area contributed by atoms with Crippen LogP contribution in [-0.2, 0) is 9.53 Å². The summed E-state index contributed by atoms with van der Waals surface area (Å²) in [5.41, 5.74) is -0.442. The quantitative estimate of drug-likeness (QED) is 0.733. The average molecular weight is 296 g/mol. The second-order valence-corrected chi connectivity index (χ2v) is 7.20. The number of ether oxygens (including phenoxy) is 1. The molecule has 0 saturated heterocycles. The van der Waals surface area contributed by atoms with E-state index in [1.807, 2.05) is 0 Å². The average Bonchev–Trinajstić information content (AvgIpc) is 3.30. The minimum atomic E-state index is -0.442. The second kappa shape index (κ2) is 7.10. The first-order valence-corrected chi connectivity index (χ1v) is 8.57. The highest BCUT2D eigenvalue weighted by Crippen LogP contribution is 2.35. The minimum Gasteiger partial charge on any atom is -0.468 e. The van der Waals surface area contributed by atoms with E-state index in [4.69, 9.17) is 4.74 Å². The van der Waals surface area contributed by atoms with Crippen molar-refractivity contribution in [1.29, 1.82) is 0 Å². The highest BCUT2D eigenvalue weighted by Gasteiger charge is 2.47. The summed E-state index contributed by atoms with van der Waals surface area (Å²) in [5.74, 6) is 0.650. The number of carbonyl (C=O) groups excluding carboxylic acids is 1. The van der Waals surface area contributed by atoms with E-state index in [-0.39, 0.29) is 5.97 Å². The zero-order chi connectivity index (χ0) is 15.5. The van der Waals surface area contributed by atoms with Crippen molar-refractivity contribution < 1.29 is 9.53 Å². The van der Waals surface area contributed by atoms with Gasteiger partial charge >= 0.3 is 5.97 Å². The van der Waals surface area contributed by atoms with Crippen molar-refractivity contribution in [1.82, 2.24) is 10.2 Å². The first kappa shape index (κ1) is 16.8. The third-order valence-electron chi connectivity index (χ3n) is 5.28. The summed E-state index contributed by atoms with van der Waals surface area (Å²) in [7, 11) is 3.73. The molecule has 1 N–H and O–H groups in total. The van der Waals surface area contributed by atoms with Gasteiger partial charge in [-0.05, 0) is 51.5 Å². The molecule has 122 valence electrons. The number of carbonyl (C=O) groups is 1. The van der Waals surface area contributed by atoms with E-state index >= 15 is 0 Å². The van der Waals surface area contributed by atoms with Crippen LogP contribution in [0.4, 0.5) is 0 Å². The van der Waals surface area contributed by atoms with Crippen molar-refractivity contribution in [2.24, 2.45) is 5.92 Å². The summed E-state index contributed by atoms with van der Waals surface area (Å²) < 4.78 is 5.13. The van der Waals surface area contributed by atoms with Crippen molar-refractivity contribution in [2.75, 3.05) is 20.7 Å². The number of esters is 1. The minimum absolute atomic E-state index is 0.0592. The molecule has 0 amide bonds. The molecular formula is C17H32N2O2. The molecule has 0 aliphatic heterocycles. The Kier molecular flexibility index (Phi) is 5.67. The molecule has 2 aliphatic carbocycles. The Labute approximate surface area is 129 Å². The molecule has 0 aromatic carbocycles. The van der Waals surface area contributed by atoms with E-state index in [1.54, 1.807) is 0 Å². The summed E-state index contributed by atoms with van der Waals surface area (Å²) in [6.07, 6.45) is 7.72. The van der Waals surface area contributed by atoms with Gasteiger partial charge in [0.15, 0.2) is 0 Å². The zero-order valence-electron chi connectivity index (χ0n) is 14.2. The maximum atomic E-state index is 12.4. The van der Waals surface area contributed by atoms with Crippen molar-refractivity contribution in [2.45, 2.75) is 76.4 Å². The molecule has 0 spiro atoms. The molecule has 3 atom stereocenters. The Morgan fingerprint density at radius 2 is 2.14 bits per heavy atom.